The molecule has 4 nitrogen and oxygen atoms in total. The molecular weight excluding hydrogens is 308 g/mol. The fourth-order valence-corrected chi connectivity index (χ4v) is 3.54. The van der Waals surface area contributed by atoms with Gasteiger partial charge < -0.3 is 4.74 Å². The first-order chi connectivity index (χ1) is 9.80. The molecule has 1 aromatic rings. The Morgan fingerprint density at radius 3 is 2.43 bits per heavy atom. The molecule has 1 aromatic carbocycles. The van der Waals surface area contributed by atoms with Crippen molar-refractivity contribution in [2.75, 3.05) is 24.9 Å². The molecule has 0 radical (unpaired) electrons. The van der Waals surface area contributed by atoms with Crippen molar-refractivity contribution < 1.29 is 17.7 Å². The number of hydrogen-bond acceptors (Lipinski definition) is 3. The summed E-state index contributed by atoms with van der Waals surface area (Å²) in [5, 5.41) is 0. The summed E-state index contributed by atoms with van der Waals surface area (Å²) in [6, 6.07) is 6.27. The summed E-state index contributed by atoms with van der Waals surface area (Å²) < 4.78 is 35.4. The van der Waals surface area contributed by atoms with Crippen LogP contribution >= 0.6 is 0 Å². The fraction of sp³-hybridized carbons (Fsp3) is 0.600. The second-order valence-corrected chi connectivity index (χ2v) is 9.12. The molecule has 2 rings (SSSR count). The number of rotatable bonds is 4. The van der Waals surface area contributed by atoms with Crippen LogP contribution in [0, 0.1) is 6.92 Å². The molecule has 0 spiro atoms. The van der Waals surface area contributed by atoms with Crippen molar-refractivity contribution in [3.05, 3.63) is 29.8 Å². The molecule has 1 fully saturated rings. The van der Waals surface area contributed by atoms with Crippen molar-refractivity contribution in [3.63, 3.8) is 0 Å². The smallest absolute Gasteiger partial charge is 0.294 e. The lowest BCUT2D eigenvalue weighted by atomic mass is 10.2. The number of ether oxygens (including phenoxy) is 1. The molecule has 0 bridgehead atoms. The zero-order valence-corrected chi connectivity index (χ0v) is 14.5. The first-order valence-corrected chi connectivity index (χ1v) is 10.6. The van der Waals surface area contributed by atoms with Gasteiger partial charge in [0.25, 0.3) is 10.1 Å². The Balaban J connectivity index is 0.000000211. The largest absolute Gasteiger partial charge is 0.378 e. The molecular formula is C15H25O4S2+. The fourth-order valence-electron chi connectivity index (χ4n) is 2.09. The molecule has 1 atom stereocenters. The van der Waals surface area contributed by atoms with E-state index in [9.17, 15) is 8.42 Å². The number of hydrogen-bond donors (Lipinski definition) is 1. The van der Waals surface area contributed by atoms with Crippen LogP contribution in [0.1, 0.15) is 24.8 Å². The van der Waals surface area contributed by atoms with E-state index in [1.165, 1.54) is 31.1 Å². The van der Waals surface area contributed by atoms with Gasteiger partial charge in [-0.1, -0.05) is 18.2 Å². The Bertz CT molecular complexity index is 520. The van der Waals surface area contributed by atoms with Crippen molar-refractivity contribution in [1.82, 2.24) is 0 Å². The highest BCUT2D eigenvalue weighted by atomic mass is 32.2. The van der Waals surface area contributed by atoms with Gasteiger partial charge in [0.15, 0.2) is 0 Å². The maximum absolute atomic E-state index is 10.6. The summed E-state index contributed by atoms with van der Waals surface area (Å²) >= 11 is 0. The van der Waals surface area contributed by atoms with Gasteiger partial charge in [-0.15, -0.1) is 0 Å². The first-order valence-electron chi connectivity index (χ1n) is 6.99. The third-order valence-corrected chi connectivity index (χ3v) is 5.31. The first kappa shape index (κ1) is 18.5. The predicted octanol–water partition coefficient (Wildman–Crippen LogP) is 2.68. The molecule has 0 aromatic heterocycles. The van der Waals surface area contributed by atoms with E-state index in [0.29, 0.717) is 22.6 Å². The molecule has 1 unspecified atom stereocenters. The van der Waals surface area contributed by atoms with Crippen molar-refractivity contribution in [1.29, 1.82) is 0 Å². The lowest BCUT2D eigenvalue weighted by molar-refractivity contribution is 0.109. The van der Waals surface area contributed by atoms with Crippen LogP contribution in [0.15, 0.2) is 29.2 Å². The second-order valence-electron chi connectivity index (χ2n) is 5.35. The van der Waals surface area contributed by atoms with Gasteiger partial charge in [-0.3, -0.25) is 4.55 Å². The van der Waals surface area contributed by atoms with Crippen molar-refractivity contribution in [2.45, 2.75) is 37.2 Å². The van der Waals surface area contributed by atoms with Crippen LogP contribution in [0.5, 0.6) is 0 Å². The molecule has 1 heterocycles. The summed E-state index contributed by atoms with van der Waals surface area (Å²) in [6.45, 7) is 2.63. The van der Waals surface area contributed by atoms with E-state index in [1.54, 1.807) is 25.1 Å². The van der Waals surface area contributed by atoms with Gasteiger partial charge >= 0.3 is 0 Å². The highest BCUT2D eigenvalue weighted by Gasteiger charge is 2.17. The normalized spacial score (nSPS) is 18.4. The molecule has 6 heteroatoms. The summed E-state index contributed by atoms with van der Waals surface area (Å²) in [7, 11) is -3.43. The molecule has 1 saturated heterocycles. The van der Waals surface area contributed by atoms with E-state index >= 15 is 0 Å². The van der Waals surface area contributed by atoms with Crippen LogP contribution in [0.25, 0.3) is 0 Å². The van der Waals surface area contributed by atoms with E-state index < -0.39 is 10.1 Å². The number of benzene rings is 1. The summed E-state index contributed by atoms with van der Waals surface area (Å²) in [4.78, 5) is -0.0278. The summed E-state index contributed by atoms with van der Waals surface area (Å²) in [6.07, 6.45) is 9.08. The third-order valence-electron chi connectivity index (χ3n) is 3.24. The zero-order valence-electron chi connectivity index (χ0n) is 12.9. The molecule has 21 heavy (non-hydrogen) atoms. The maximum atomic E-state index is 10.6. The topological polar surface area (TPSA) is 63.6 Å². The Morgan fingerprint density at radius 2 is 2.00 bits per heavy atom. The highest BCUT2D eigenvalue weighted by molar-refractivity contribution is 7.95. The minimum Gasteiger partial charge on any atom is -0.378 e. The summed E-state index contributed by atoms with van der Waals surface area (Å²) in [5.41, 5.74) is 0.551. The van der Waals surface area contributed by atoms with Crippen molar-refractivity contribution in [2.24, 2.45) is 0 Å². The zero-order chi connectivity index (χ0) is 15.9. The lowest BCUT2D eigenvalue weighted by Gasteiger charge is -2.05. The monoisotopic (exact) mass is 333 g/mol. The molecule has 0 saturated carbocycles. The van der Waals surface area contributed by atoms with E-state index in [2.05, 4.69) is 12.5 Å². The second kappa shape index (κ2) is 8.78. The average Bonchev–Trinajstić information content (AvgIpc) is 2.89. The Hall–Kier alpha value is -0.560. The minimum absolute atomic E-state index is 0.0278. The van der Waals surface area contributed by atoms with E-state index in [4.69, 9.17) is 9.29 Å². The standard InChI is InChI=1S/C8H17OS.C7H8O3S/c1-10(2)7-5-8-4-3-6-9-8;1-6-4-2-3-5-7(6)11(8,9)10/h8H,3-7H2,1-2H3;2-5H,1H3,(H,8,9,10)/q+1;. The van der Waals surface area contributed by atoms with E-state index in [0.717, 1.165) is 6.61 Å². The molecule has 120 valence electrons. The predicted molar refractivity (Wildman–Crippen MR) is 88.7 cm³/mol. The van der Waals surface area contributed by atoms with Crippen LogP contribution in [-0.2, 0) is 25.7 Å². The lowest BCUT2D eigenvalue weighted by Crippen LogP contribution is -2.12. The highest BCUT2D eigenvalue weighted by Crippen LogP contribution is 2.15. The average molecular weight is 333 g/mol. The van der Waals surface area contributed by atoms with Gasteiger partial charge in [-0.25, -0.2) is 0 Å². The van der Waals surface area contributed by atoms with Crippen LogP contribution in [-0.4, -0.2) is 43.9 Å². The SMILES string of the molecule is C[S+](C)CCC1CCCO1.Cc1ccccc1S(=O)(=O)O. The Morgan fingerprint density at radius 1 is 1.33 bits per heavy atom. The van der Waals surface area contributed by atoms with Gasteiger partial charge in [0.2, 0.25) is 0 Å². The van der Waals surface area contributed by atoms with Gasteiger partial charge in [-0.05, 0) is 42.3 Å². The van der Waals surface area contributed by atoms with Gasteiger partial charge in [-0.2, -0.15) is 8.42 Å². The quantitative estimate of drug-likeness (QED) is 0.680. The van der Waals surface area contributed by atoms with Crippen molar-refractivity contribution >= 4 is 21.0 Å². The van der Waals surface area contributed by atoms with Crippen LogP contribution in [0.4, 0.5) is 0 Å². The third kappa shape index (κ3) is 7.31. The molecule has 1 N–H and O–H groups in total. The Labute approximate surface area is 131 Å². The number of aryl methyl sites for hydroxylation is 1. The molecule has 1 aliphatic heterocycles. The van der Waals surface area contributed by atoms with Gasteiger partial charge in [0, 0.05) is 13.0 Å². The Kier molecular flexibility index (Phi) is 7.73. The van der Waals surface area contributed by atoms with Crippen LogP contribution in [0.3, 0.4) is 0 Å². The van der Waals surface area contributed by atoms with Crippen molar-refractivity contribution in [3.8, 4) is 0 Å². The molecule has 0 aliphatic carbocycles. The summed E-state index contributed by atoms with van der Waals surface area (Å²) in [5.74, 6) is 1.35. The van der Waals surface area contributed by atoms with E-state index in [1.807, 2.05) is 0 Å². The van der Waals surface area contributed by atoms with Crippen LogP contribution in [0.2, 0.25) is 0 Å². The van der Waals surface area contributed by atoms with Gasteiger partial charge in [0.1, 0.15) is 5.75 Å². The van der Waals surface area contributed by atoms with Crippen LogP contribution < -0.4 is 0 Å². The van der Waals surface area contributed by atoms with Gasteiger partial charge in [0.05, 0.1) is 23.5 Å². The van der Waals surface area contributed by atoms with E-state index in [-0.39, 0.29) is 4.90 Å². The maximum Gasteiger partial charge on any atom is 0.294 e. The minimum atomic E-state index is -4.03. The molecule has 0 amide bonds. The molecule has 1 aliphatic rings.